The third kappa shape index (κ3) is 3.78. The quantitative estimate of drug-likeness (QED) is 0.901. The third-order valence-electron chi connectivity index (χ3n) is 3.45. The zero-order chi connectivity index (χ0) is 14.7. The van der Waals surface area contributed by atoms with Crippen molar-refractivity contribution in [1.82, 2.24) is 4.90 Å². The Bertz CT molecular complexity index is 488. The van der Waals surface area contributed by atoms with Crippen LogP contribution in [0.25, 0.3) is 0 Å². The summed E-state index contributed by atoms with van der Waals surface area (Å²) in [4.78, 5) is 14.1. The van der Waals surface area contributed by atoms with Gasteiger partial charge in [-0.1, -0.05) is 23.2 Å². The number of likely N-dealkylation sites (tertiary alicyclic amines) is 1. The average molecular weight is 317 g/mol. The van der Waals surface area contributed by atoms with E-state index in [-0.39, 0.29) is 18.1 Å². The van der Waals surface area contributed by atoms with Crippen LogP contribution in [0.2, 0.25) is 10.0 Å². The van der Waals surface area contributed by atoms with Crippen LogP contribution in [0.1, 0.15) is 19.8 Å². The van der Waals surface area contributed by atoms with Crippen molar-refractivity contribution in [2.75, 3.05) is 18.4 Å². The van der Waals surface area contributed by atoms with E-state index < -0.39 is 0 Å². The minimum Gasteiger partial charge on any atom is -0.393 e. The summed E-state index contributed by atoms with van der Waals surface area (Å²) in [6.45, 7) is 3.00. The summed E-state index contributed by atoms with van der Waals surface area (Å²) in [6.07, 6.45) is 0.994. The van der Waals surface area contributed by atoms with Gasteiger partial charge in [-0.3, -0.25) is 4.79 Å². The fraction of sp³-hybridized carbons (Fsp3) is 0.500. The zero-order valence-electron chi connectivity index (χ0n) is 11.3. The van der Waals surface area contributed by atoms with Gasteiger partial charge in [-0.2, -0.15) is 0 Å². The van der Waals surface area contributed by atoms with Crippen molar-refractivity contribution in [3.63, 3.8) is 0 Å². The van der Waals surface area contributed by atoms with Crippen LogP contribution in [0.5, 0.6) is 0 Å². The monoisotopic (exact) mass is 316 g/mol. The highest BCUT2D eigenvalue weighted by molar-refractivity contribution is 6.36. The smallest absolute Gasteiger partial charge is 0.244 e. The van der Waals surface area contributed by atoms with Gasteiger partial charge in [0, 0.05) is 18.1 Å². The summed E-state index contributed by atoms with van der Waals surface area (Å²) in [5, 5.41) is 13.6. The van der Waals surface area contributed by atoms with Gasteiger partial charge < -0.3 is 15.3 Å². The van der Waals surface area contributed by atoms with Crippen LogP contribution in [0.15, 0.2) is 18.2 Å². The molecule has 1 aromatic carbocycles. The van der Waals surface area contributed by atoms with Crippen LogP contribution in [-0.4, -0.2) is 41.1 Å². The van der Waals surface area contributed by atoms with Crippen LogP contribution in [0.3, 0.4) is 0 Å². The molecular weight excluding hydrogens is 299 g/mol. The van der Waals surface area contributed by atoms with Crippen LogP contribution >= 0.6 is 23.2 Å². The van der Waals surface area contributed by atoms with Crippen molar-refractivity contribution in [2.24, 2.45) is 0 Å². The molecule has 1 heterocycles. The number of amides is 1. The van der Waals surface area contributed by atoms with Crippen LogP contribution < -0.4 is 5.32 Å². The first kappa shape index (κ1) is 15.4. The molecule has 4 nitrogen and oxygen atoms in total. The van der Waals surface area contributed by atoms with Gasteiger partial charge in [0.2, 0.25) is 5.91 Å². The molecule has 2 rings (SSSR count). The fourth-order valence-corrected chi connectivity index (χ4v) is 2.72. The van der Waals surface area contributed by atoms with Crippen molar-refractivity contribution >= 4 is 34.8 Å². The second kappa shape index (κ2) is 6.66. The molecule has 1 aliphatic heterocycles. The van der Waals surface area contributed by atoms with Crippen LogP contribution in [-0.2, 0) is 4.79 Å². The molecule has 0 aromatic heterocycles. The van der Waals surface area contributed by atoms with Crippen molar-refractivity contribution < 1.29 is 9.90 Å². The highest BCUT2D eigenvalue weighted by atomic mass is 35.5. The molecule has 0 spiro atoms. The van der Waals surface area contributed by atoms with Crippen molar-refractivity contribution in [3.8, 4) is 0 Å². The molecule has 110 valence electrons. The molecule has 0 saturated carbocycles. The van der Waals surface area contributed by atoms with E-state index in [9.17, 15) is 9.90 Å². The van der Waals surface area contributed by atoms with E-state index in [0.29, 0.717) is 41.7 Å². The van der Waals surface area contributed by atoms with Crippen molar-refractivity contribution in [1.29, 1.82) is 0 Å². The van der Waals surface area contributed by atoms with Crippen LogP contribution in [0, 0.1) is 0 Å². The Hall–Kier alpha value is -0.970. The number of carbonyl (C=O) groups excluding carboxylic acids is 1. The zero-order valence-corrected chi connectivity index (χ0v) is 12.8. The highest BCUT2D eigenvalue weighted by Gasteiger charge is 2.25. The Kier molecular flexibility index (Phi) is 5.13. The fourth-order valence-electron chi connectivity index (χ4n) is 2.26. The number of hydrogen-bond acceptors (Lipinski definition) is 3. The predicted octanol–water partition coefficient (Wildman–Crippen LogP) is 2.78. The lowest BCUT2D eigenvalue weighted by Crippen LogP contribution is -2.46. The summed E-state index contributed by atoms with van der Waals surface area (Å²) in [5.41, 5.74) is 0.689. The van der Waals surface area contributed by atoms with E-state index in [1.165, 1.54) is 0 Å². The average Bonchev–Trinajstić information content (AvgIpc) is 2.42. The Morgan fingerprint density at radius 2 is 2.05 bits per heavy atom. The van der Waals surface area contributed by atoms with Gasteiger partial charge in [-0.05, 0) is 38.0 Å². The lowest BCUT2D eigenvalue weighted by Gasteiger charge is -2.32. The lowest BCUT2D eigenvalue weighted by molar-refractivity contribution is -0.133. The normalized spacial score (nSPS) is 17.9. The standard InChI is InChI=1S/C14H18Cl2N2O2/c1-9(14(20)18-6-4-11(19)5-7-18)17-13-3-2-10(15)8-12(13)16/h2-3,8-9,11,17,19H,4-7H2,1H3. The molecule has 0 bridgehead atoms. The molecule has 2 N–H and O–H groups in total. The molecule has 0 aliphatic carbocycles. The van der Waals surface area contributed by atoms with E-state index in [2.05, 4.69) is 5.32 Å². The molecule has 1 aromatic rings. The molecular formula is C14H18Cl2N2O2. The van der Waals surface area contributed by atoms with Gasteiger partial charge in [-0.25, -0.2) is 0 Å². The first-order valence-corrected chi connectivity index (χ1v) is 7.41. The predicted molar refractivity (Wildman–Crippen MR) is 81.4 cm³/mol. The second-order valence-corrected chi connectivity index (χ2v) is 5.89. The Balaban J connectivity index is 1.97. The number of hydrogen-bond donors (Lipinski definition) is 2. The van der Waals surface area contributed by atoms with Gasteiger partial charge in [-0.15, -0.1) is 0 Å². The maximum atomic E-state index is 12.3. The Morgan fingerprint density at radius 3 is 2.65 bits per heavy atom. The summed E-state index contributed by atoms with van der Waals surface area (Å²) >= 11 is 11.9. The number of anilines is 1. The first-order chi connectivity index (χ1) is 9.47. The Labute approximate surface area is 128 Å². The van der Waals surface area contributed by atoms with Gasteiger partial charge in [0.15, 0.2) is 0 Å². The molecule has 1 unspecified atom stereocenters. The van der Waals surface area contributed by atoms with Crippen molar-refractivity contribution in [3.05, 3.63) is 28.2 Å². The molecule has 1 fully saturated rings. The number of carbonyl (C=O) groups is 1. The summed E-state index contributed by atoms with van der Waals surface area (Å²) < 4.78 is 0. The van der Waals surface area contributed by atoms with E-state index in [1.54, 1.807) is 30.0 Å². The number of piperidine rings is 1. The van der Waals surface area contributed by atoms with Gasteiger partial charge >= 0.3 is 0 Å². The molecule has 6 heteroatoms. The van der Waals surface area contributed by atoms with Gasteiger partial charge in [0.25, 0.3) is 0 Å². The largest absolute Gasteiger partial charge is 0.393 e. The number of aliphatic hydroxyl groups excluding tert-OH is 1. The molecule has 1 amide bonds. The minimum atomic E-state index is -0.371. The maximum absolute atomic E-state index is 12.3. The molecule has 1 atom stereocenters. The minimum absolute atomic E-state index is 0.0166. The lowest BCUT2D eigenvalue weighted by atomic mass is 10.1. The number of rotatable bonds is 3. The van der Waals surface area contributed by atoms with Gasteiger partial charge in [0.1, 0.15) is 6.04 Å². The first-order valence-electron chi connectivity index (χ1n) is 6.66. The van der Waals surface area contributed by atoms with E-state index in [1.807, 2.05) is 0 Å². The van der Waals surface area contributed by atoms with Crippen molar-refractivity contribution in [2.45, 2.75) is 31.9 Å². The van der Waals surface area contributed by atoms with Gasteiger partial charge in [0.05, 0.1) is 16.8 Å². The van der Waals surface area contributed by atoms with E-state index in [4.69, 9.17) is 23.2 Å². The number of aliphatic hydroxyl groups is 1. The molecule has 20 heavy (non-hydrogen) atoms. The summed E-state index contributed by atoms with van der Waals surface area (Å²) in [6, 6.07) is 4.75. The topological polar surface area (TPSA) is 52.6 Å². The second-order valence-electron chi connectivity index (χ2n) is 5.05. The number of halogens is 2. The van der Waals surface area contributed by atoms with E-state index >= 15 is 0 Å². The molecule has 0 radical (unpaired) electrons. The number of nitrogens with one attached hydrogen (secondary N) is 1. The third-order valence-corrected chi connectivity index (χ3v) is 4.00. The number of nitrogens with zero attached hydrogens (tertiary/aromatic N) is 1. The highest BCUT2D eigenvalue weighted by Crippen LogP contribution is 2.26. The number of benzene rings is 1. The summed E-state index contributed by atoms with van der Waals surface area (Å²) in [5.74, 6) is 0.0166. The Morgan fingerprint density at radius 1 is 1.40 bits per heavy atom. The van der Waals surface area contributed by atoms with E-state index in [0.717, 1.165) is 0 Å². The maximum Gasteiger partial charge on any atom is 0.244 e. The molecule has 1 saturated heterocycles. The molecule has 1 aliphatic rings. The van der Waals surface area contributed by atoms with Crippen LogP contribution in [0.4, 0.5) is 5.69 Å². The summed E-state index contributed by atoms with van der Waals surface area (Å²) in [7, 11) is 0. The SMILES string of the molecule is CC(Nc1ccc(Cl)cc1Cl)C(=O)N1CCC(O)CC1.